The highest BCUT2D eigenvalue weighted by molar-refractivity contribution is 6.30. The molecular weight excluding hydrogens is 480 g/mol. The van der Waals surface area contributed by atoms with Crippen molar-refractivity contribution in [1.82, 2.24) is 19.7 Å². The minimum absolute atomic E-state index is 0.00627. The van der Waals surface area contributed by atoms with Gasteiger partial charge in [0, 0.05) is 22.1 Å². The van der Waals surface area contributed by atoms with Gasteiger partial charge in [0.2, 0.25) is 5.43 Å². The van der Waals surface area contributed by atoms with Crippen molar-refractivity contribution in [3.8, 4) is 5.69 Å². The highest BCUT2D eigenvalue weighted by atomic mass is 35.5. The zero-order valence-electron chi connectivity index (χ0n) is 18.8. The third-order valence-electron chi connectivity index (χ3n) is 5.32. The normalized spacial score (nSPS) is 11.3. The first-order valence-electron chi connectivity index (χ1n) is 10.4. The Morgan fingerprint density at radius 3 is 2.50 bits per heavy atom. The van der Waals surface area contributed by atoms with Crippen molar-refractivity contribution in [2.75, 3.05) is 5.32 Å². The SMILES string of the molecule is Cc1cc2c(nc1C)c(=O)c(C(=O)Nc1cc(Cl)nc(C(C)C)c1)nn2-c1ccc(Cl)cc1F. The van der Waals surface area contributed by atoms with E-state index in [1.807, 2.05) is 20.8 Å². The number of hydrogen-bond acceptors (Lipinski definition) is 5. The van der Waals surface area contributed by atoms with E-state index in [4.69, 9.17) is 23.2 Å². The molecule has 0 atom stereocenters. The van der Waals surface area contributed by atoms with E-state index in [-0.39, 0.29) is 32.8 Å². The van der Waals surface area contributed by atoms with Crippen molar-refractivity contribution in [3.63, 3.8) is 0 Å². The largest absolute Gasteiger partial charge is 0.320 e. The minimum Gasteiger partial charge on any atom is -0.320 e. The first-order valence-corrected chi connectivity index (χ1v) is 11.2. The predicted octanol–water partition coefficient (Wildman–Crippen LogP) is 5.61. The molecule has 0 aliphatic rings. The summed E-state index contributed by atoms with van der Waals surface area (Å²) in [7, 11) is 0. The van der Waals surface area contributed by atoms with Gasteiger partial charge >= 0.3 is 0 Å². The Balaban J connectivity index is 1.91. The molecule has 4 aromatic rings. The minimum atomic E-state index is -0.785. The van der Waals surface area contributed by atoms with Gasteiger partial charge in [0.05, 0.1) is 5.52 Å². The summed E-state index contributed by atoms with van der Waals surface area (Å²) in [6.07, 6.45) is 0. The average molecular weight is 500 g/mol. The molecule has 0 saturated carbocycles. The molecule has 10 heteroatoms. The lowest BCUT2D eigenvalue weighted by molar-refractivity contribution is 0.102. The molecule has 0 bridgehead atoms. The molecule has 4 rings (SSSR count). The van der Waals surface area contributed by atoms with Crippen molar-refractivity contribution in [2.24, 2.45) is 0 Å². The van der Waals surface area contributed by atoms with Crippen molar-refractivity contribution in [1.29, 1.82) is 0 Å². The number of hydrogen-bond donors (Lipinski definition) is 1. The molecule has 0 radical (unpaired) electrons. The second kappa shape index (κ2) is 9.12. The Kier molecular flexibility index (Phi) is 6.38. The fourth-order valence-corrected chi connectivity index (χ4v) is 3.77. The van der Waals surface area contributed by atoms with Gasteiger partial charge in [-0.2, -0.15) is 5.10 Å². The van der Waals surface area contributed by atoms with E-state index >= 15 is 0 Å². The van der Waals surface area contributed by atoms with Crippen LogP contribution in [0, 0.1) is 19.7 Å². The quantitative estimate of drug-likeness (QED) is 0.368. The number of anilines is 1. The summed E-state index contributed by atoms with van der Waals surface area (Å²) in [4.78, 5) is 35.0. The monoisotopic (exact) mass is 499 g/mol. The fraction of sp³-hybridized carbons (Fsp3) is 0.208. The van der Waals surface area contributed by atoms with E-state index < -0.39 is 22.8 Å². The van der Waals surface area contributed by atoms with Gasteiger partial charge in [0.15, 0.2) is 5.69 Å². The Morgan fingerprint density at radius 1 is 1.09 bits per heavy atom. The first kappa shape index (κ1) is 23.8. The van der Waals surface area contributed by atoms with Crippen LogP contribution >= 0.6 is 23.2 Å². The number of carbonyl (C=O) groups excluding carboxylic acids is 1. The predicted molar refractivity (Wildman–Crippen MR) is 131 cm³/mol. The summed E-state index contributed by atoms with van der Waals surface area (Å²) in [6, 6.07) is 8.85. The maximum Gasteiger partial charge on any atom is 0.280 e. The van der Waals surface area contributed by atoms with Crippen molar-refractivity contribution < 1.29 is 9.18 Å². The third kappa shape index (κ3) is 4.51. The highest BCUT2D eigenvalue weighted by Crippen LogP contribution is 2.24. The van der Waals surface area contributed by atoms with Crippen LogP contribution in [0.1, 0.15) is 47.2 Å². The van der Waals surface area contributed by atoms with E-state index in [9.17, 15) is 14.0 Å². The van der Waals surface area contributed by atoms with Gasteiger partial charge in [-0.05, 0) is 61.7 Å². The maximum atomic E-state index is 14.8. The standard InChI is InChI=1S/C24H20Cl2FN5O2/c1-11(2)17-9-15(10-20(26)30-17)29-24(34)22-23(33)21-19(7-12(3)13(4)28-21)32(31-22)18-6-5-14(25)8-16(18)27/h5-11H,1-4H3,(H,29,30,34). The van der Waals surface area contributed by atoms with Crippen molar-refractivity contribution >= 4 is 45.8 Å². The van der Waals surface area contributed by atoms with Crippen LogP contribution < -0.4 is 10.7 Å². The summed E-state index contributed by atoms with van der Waals surface area (Å²) < 4.78 is 16.0. The topological polar surface area (TPSA) is 89.8 Å². The van der Waals surface area contributed by atoms with Crippen LogP contribution in [-0.4, -0.2) is 25.7 Å². The summed E-state index contributed by atoms with van der Waals surface area (Å²) >= 11 is 12.0. The van der Waals surface area contributed by atoms with E-state index in [2.05, 4.69) is 20.4 Å². The van der Waals surface area contributed by atoms with Gasteiger partial charge in [-0.3, -0.25) is 9.59 Å². The van der Waals surface area contributed by atoms with Crippen LogP contribution in [0.5, 0.6) is 0 Å². The molecule has 0 unspecified atom stereocenters. The molecule has 7 nitrogen and oxygen atoms in total. The van der Waals surface area contributed by atoms with Crippen LogP contribution in [0.25, 0.3) is 16.7 Å². The van der Waals surface area contributed by atoms with Gasteiger partial charge in [-0.15, -0.1) is 0 Å². The van der Waals surface area contributed by atoms with Gasteiger partial charge in [-0.25, -0.2) is 19.0 Å². The molecule has 0 spiro atoms. The number of nitrogens with zero attached hydrogens (tertiary/aromatic N) is 4. The number of benzene rings is 1. The first-order chi connectivity index (χ1) is 16.0. The number of carbonyl (C=O) groups is 1. The number of rotatable bonds is 4. The van der Waals surface area contributed by atoms with Crippen LogP contribution in [0.4, 0.5) is 10.1 Å². The fourth-order valence-electron chi connectivity index (χ4n) is 3.39. The lowest BCUT2D eigenvalue weighted by Gasteiger charge is -2.14. The van der Waals surface area contributed by atoms with Crippen molar-refractivity contribution in [2.45, 2.75) is 33.6 Å². The van der Waals surface area contributed by atoms with Gasteiger partial charge in [0.25, 0.3) is 5.91 Å². The van der Waals surface area contributed by atoms with E-state index in [1.54, 1.807) is 19.1 Å². The average Bonchev–Trinajstić information content (AvgIpc) is 2.75. The Hall–Kier alpha value is -3.36. The lowest BCUT2D eigenvalue weighted by Crippen LogP contribution is -2.28. The smallest absolute Gasteiger partial charge is 0.280 e. The van der Waals surface area contributed by atoms with Crippen LogP contribution in [0.3, 0.4) is 0 Å². The number of halogens is 3. The van der Waals surface area contributed by atoms with Crippen LogP contribution in [0.15, 0.2) is 41.2 Å². The number of amides is 1. The zero-order chi connectivity index (χ0) is 24.7. The number of pyridine rings is 2. The summed E-state index contributed by atoms with van der Waals surface area (Å²) in [6.45, 7) is 7.43. The molecule has 1 aromatic carbocycles. The second-order valence-electron chi connectivity index (χ2n) is 8.16. The molecule has 3 aromatic heterocycles. The lowest BCUT2D eigenvalue weighted by atomic mass is 10.1. The van der Waals surface area contributed by atoms with E-state index in [1.165, 1.54) is 22.9 Å². The Labute approximate surface area is 204 Å². The molecule has 0 aliphatic carbocycles. The third-order valence-corrected chi connectivity index (χ3v) is 5.75. The zero-order valence-corrected chi connectivity index (χ0v) is 20.3. The summed E-state index contributed by atoms with van der Waals surface area (Å²) in [5.41, 5.74) is 1.56. The van der Waals surface area contributed by atoms with E-state index in [0.717, 1.165) is 11.6 Å². The van der Waals surface area contributed by atoms with Gasteiger partial charge in [0.1, 0.15) is 22.2 Å². The number of aryl methyl sites for hydroxylation is 2. The molecule has 1 amide bonds. The second-order valence-corrected chi connectivity index (χ2v) is 8.98. The molecule has 174 valence electrons. The summed E-state index contributed by atoms with van der Waals surface area (Å²) in [5, 5.41) is 7.27. The van der Waals surface area contributed by atoms with Crippen LogP contribution in [0.2, 0.25) is 10.2 Å². The highest BCUT2D eigenvalue weighted by Gasteiger charge is 2.22. The molecule has 3 heterocycles. The molecular formula is C24H20Cl2FN5O2. The van der Waals surface area contributed by atoms with Gasteiger partial charge < -0.3 is 5.32 Å². The number of aromatic nitrogens is 4. The molecule has 34 heavy (non-hydrogen) atoms. The number of nitrogens with one attached hydrogen (secondary N) is 1. The maximum absolute atomic E-state index is 14.8. The molecule has 0 aliphatic heterocycles. The summed E-state index contributed by atoms with van der Waals surface area (Å²) in [5.74, 6) is -1.39. The van der Waals surface area contributed by atoms with E-state index in [0.29, 0.717) is 17.1 Å². The molecule has 0 fully saturated rings. The van der Waals surface area contributed by atoms with Gasteiger partial charge in [-0.1, -0.05) is 37.0 Å². The Bertz CT molecular complexity index is 1520. The number of fused-ring (bicyclic) bond motifs is 1. The molecule has 0 saturated heterocycles. The molecule has 1 N–H and O–H groups in total. The van der Waals surface area contributed by atoms with Crippen molar-refractivity contribution in [3.05, 3.63) is 85.3 Å². The Morgan fingerprint density at radius 2 is 1.82 bits per heavy atom. The van der Waals surface area contributed by atoms with Crippen LogP contribution in [-0.2, 0) is 0 Å².